The number of hydrazone groups is 1. The molecule has 34 heavy (non-hydrogen) atoms. The Morgan fingerprint density at radius 2 is 1.97 bits per heavy atom. The lowest BCUT2D eigenvalue weighted by Gasteiger charge is -2.25. The van der Waals surface area contributed by atoms with Crippen LogP contribution in [-0.4, -0.2) is 44.9 Å². The summed E-state index contributed by atoms with van der Waals surface area (Å²) in [6.07, 6.45) is 7.19. The molecule has 1 aliphatic carbocycles. The van der Waals surface area contributed by atoms with Crippen molar-refractivity contribution < 1.29 is 14.6 Å². The van der Waals surface area contributed by atoms with Gasteiger partial charge in [-0.25, -0.2) is 5.43 Å². The van der Waals surface area contributed by atoms with Crippen molar-refractivity contribution in [2.24, 2.45) is 5.10 Å². The molecule has 4 rings (SSSR count). The van der Waals surface area contributed by atoms with Crippen molar-refractivity contribution in [3.63, 3.8) is 0 Å². The number of para-hydroxylation sites is 1. The number of aromatic nitrogens is 3. The normalized spacial score (nSPS) is 14.4. The Labute approximate surface area is 203 Å². The fourth-order valence-electron chi connectivity index (χ4n) is 4.09. The van der Waals surface area contributed by atoms with Crippen LogP contribution in [0.3, 0.4) is 0 Å². The molecule has 9 heteroatoms. The predicted molar refractivity (Wildman–Crippen MR) is 133 cm³/mol. The number of aromatic hydroxyl groups is 1. The lowest BCUT2D eigenvalue weighted by molar-refractivity contribution is -0.118. The van der Waals surface area contributed by atoms with E-state index in [1.165, 1.54) is 49.9 Å². The molecular weight excluding hydrogens is 450 g/mol. The molecule has 8 nitrogen and oxygen atoms in total. The summed E-state index contributed by atoms with van der Waals surface area (Å²) in [4.78, 5) is 12.4. The molecule has 0 unspecified atom stereocenters. The quantitative estimate of drug-likeness (QED) is 0.275. The van der Waals surface area contributed by atoms with Crippen molar-refractivity contribution in [1.82, 2.24) is 20.2 Å². The van der Waals surface area contributed by atoms with E-state index in [-0.39, 0.29) is 17.4 Å². The van der Waals surface area contributed by atoms with E-state index in [9.17, 15) is 9.90 Å². The minimum atomic E-state index is -0.265. The Balaban J connectivity index is 1.45. The number of hydrogen-bond donors (Lipinski definition) is 2. The van der Waals surface area contributed by atoms with Gasteiger partial charge in [0.1, 0.15) is 0 Å². The number of hydrogen-bond acceptors (Lipinski definition) is 7. The molecular formula is C25H29N5O3S. The van der Waals surface area contributed by atoms with Crippen molar-refractivity contribution in [2.45, 2.75) is 50.2 Å². The van der Waals surface area contributed by atoms with Gasteiger partial charge in [0.15, 0.2) is 22.5 Å². The number of phenolic OH excluding ortho intramolecular Hbond substituents is 1. The summed E-state index contributed by atoms with van der Waals surface area (Å²) in [5, 5.41) is 23.7. The largest absolute Gasteiger partial charge is 0.504 e. The van der Waals surface area contributed by atoms with Crippen LogP contribution in [0.25, 0.3) is 11.4 Å². The van der Waals surface area contributed by atoms with Crippen LogP contribution < -0.4 is 10.2 Å². The summed E-state index contributed by atoms with van der Waals surface area (Å²) in [5.41, 5.74) is 5.19. The molecule has 1 aliphatic rings. The number of rotatable bonds is 8. The van der Waals surface area contributed by atoms with Crippen LogP contribution in [0.15, 0.2) is 52.7 Å². The number of carbonyl (C=O) groups excluding carboxylic acids is 1. The smallest absolute Gasteiger partial charge is 0.250 e. The van der Waals surface area contributed by atoms with Crippen LogP contribution in [0.4, 0.5) is 0 Å². The molecule has 1 aromatic heterocycles. The summed E-state index contributed by atoms with van der Waals surface area (Å²) < 4.78 is 7.29. The lowest BCUT2D eigenvalue weighted by Crippen LogP contribution is -2.20. The molecule has 0 atom stereocenters. The third-order valence-electron chi connectivity index (χ3n) is 5.89. The maximum absolute atomic E-state index is 12.4. The van der Waals surface area contributed by atoms with E-state index in [4.69, 9.17) is 4.74 Å². The molecule has 0 saturated heterocycles. The van der Waals surface area contributed by atoms with Gasteiger partial charge in [-0.15, -0.1) is 10.2 Å². The maximum atomic E-state index is 12.4. The molecule has 1 heterocycles. The number of ether oxygens (including phenoxy) is 1. The number of nitrogens with zero attached hydrogens (tertiary/aromatic N) is 4. The van der Waals surface area contributed by atoms with Crippen LogP contribution in [-0.2, 0) is 4.79 Å². The molecule has 0 aliphatic heterocycles. The van der Waals surface area contributed by atoms with Crippen molar-refractivity contribution in [3.05, 3.63) is 53.6 Å². The van der Waals surface area contributed by atoms with Gasteiger partial charge in [0.25, 0.3) is 5.91 Å². The number of amides is 1. The first-order valence-electron chi connectivity index (χ1n) is 11.4. The zero-order chi connectivity index (χ0) is 23.9. The van der Waals surface area contributed by atoms with Gasteiger partial charge in [0.2, 0.25) is 0 Å². The van der Waals surface area contributed by atoms with Crippen molar-refractivity contribution in [3.8, 4) is 22.9 Å². The van der Waals surface area contributed by atoms with E-state index in [0.29, 0.717) is 17.4 Å². The van der Waals surface area contributed by atoms with Crippen molar-refractivity contribution in [1.29, 1.82) is 0 Å². The molecule has 2 N–H and O–H groups in total. The molecule has 1 fully saturated rings. The van der Waals surface area contributed by atoms with Gasteiger partial charge in [-0.2, -0.15) is 5.10 Å². The first kappa shape index (κ1) is 23.8. The van der Waals surface area contributed by atoms with Gasteiger partial charge in [-0.05, 0) is 31.9 Å². The Kier molecular flexibility index (Phi) is 7.84. The second kappa shape index (κ2) is 11.2. The second-order valence-electron chi connectivity index (χ2n) is 8.31. The highest BCUT2D eigenvalue weighted by atomic mass is 32.2. The van der Waals surface area contributed by atoms with Gasteiger partial charge in [-0.1, -0.05) is 66.9 Å². The number of aryl methyl sites for hydroxylation is 1. The standard InChI is InChI=1S/C25H29N5O3S/c1-17-11-13-18(14-12-17)24-28-29-25(30(24)20-8-4-3-5-9-20)34-16-22(31)27-26-15-19-7-6-10-21(33-2)23(19)32/h6-7,10-15,20,32H,3-5,8-9,16H2,1-2H3,(H,27,31)/b26-15-. The average molecular weight is 480 g/mol. The molecule has 1 saturated carbocycles. The summed E-state index contributed by atoms with van der Waals surface area (Å²) in [6.45, 7) is 2.06. The first-order valence-corrected chi connectivity index (χ1v) is 12.4. The van der Waals surface area contributed by atoms with Crippen LogP contribution >= 0.6 is 11.8 Å². The maximum Gasteiger partial charge on any atom is 0.250 e. The lowest BCUT2D eigenvalue weighted by atomic mass is 9.95. The van der Waals surface area contributed by atoms with Crippen LogP contribution in [0, 0.1) is 6.92 Å². The minimum Gasteiger partial charge on any atom is -0.504 e. The SMILES string of the molecule is COc1cccc(/C=N\NC(=O)CSc2nnc(-c3ccc(C)cc3)n2C2CCCCC2)c1O. The highest BCUT2D eigenvalue weighted by molar-refractivity contribution is 7.99. The van der Waals surface area contributed by atoms with Crippen LogP contribution in [0.1, 0.15) is 49.3 Å². The number of thioether (sulfide) groups is 1. The van der Waals surface area contributed by atoms with Crippen LogP contribution in [0.5, 0.6) is 11.5 Å². The molecule has 3 aromatic rings. The zero-order valence-electron chi connectivity index (χ0n) is 19.4. The van der Waals surface area contributed by atoms with Gasteiger partial charge >= 0.3 is 0 Å². The molecule has 178 valence electrons. The van der Waals surface area contributed by atoms with E-state index >= 15 is 0 Å². The van der Waals surface area contributed by atoms with E-state index in [2.05, 4.69) is 56.5 Å². The summed E-state index contributed by atoms with van der Waals surface area (Å²) in [5.74, 6) is 1.05. The monoisotopic (exact) mass is 479 g/mol. The van der Waals surface area contributed by atoms with E-state index < -0.39 is 0 Å². The van der Waals surface area contributed by atoms with Gasteiger partial charge in [0, 0.05) is 17.2 Å². The number of methoxy groups -OCH3 is 1. The number of phenols is 1. The van der Waals surface area contributed by atoms with Crippen LogP contribution in [0.2, 0.25) is 0 Å². The van der Waals surface area contributed by atoms with Crippen molar-refractivity contribution in [2.75, 3.05) is 12.9 Å². The Bertz CT molecular complexity index is 1150. The number of nitrogens with one attached hydrogen (secondary N) is 1. The summed E-state index contributed by atoms with van der Waals surface area (Å²) >= 11 is 1.36. The van der Waals surface area contributed by atoms with E-state index in [0.717, 1.165) is 29.4 Å². The van der Waals surface area contributed by atoms with Gasteiger partial charge in [-0.3, -0.25) is 9.36 Å². The molecule has 2 aromatic carbocycles. The first-order chi connectivity index (χ1) is 16.6. The Morgan fingerprint density at radius 3 is 2.71 bits per heavy atom. The minimum absolute atomic E-state index is 0.0263. The van der Waals surface area contributed by atoms with Gasteiger partial charge in [0.05, 0.1) is 19.1 Å². The number of benzene rings is 2. The van der Waals surface area contributed by atoms with E-state index in [1.807, 2.05) is 0 Å². The molecule has 1 amide bonds. The summed E-state index contributed by atoms with van der Waals surface area (Å²) in [6, 6.07) is 13.7. The molecule has 0 spiro atoms. The van der Waals surface area contributed by atoms with Crippen molar-refractivity contribution >= 4 is 23.9 Å². The second-order valence-corrected chi connectivity index (χ2v) is 9.26. The zero-order valence-corrected chi connectivity index (χ0v) is 20.2. The third-order valence-corrected chi connectivity index (χ3v) is 6.83. The third kappa shape index (κ3) is 5.59. The fraction of sp³-hybridized carbons (Fsp3) is 0.360. The van der Waals surface area contributed by atoms with Gasteiger partial charge < -0.3 is 9.84 Å². The fourth-order valence-corrected chi connectivity index (χ4v) is 4.89. The molecule has 0 radical (unpaired) electrons. The molecule has 0 bridgehead atoms. The number of carbonyl (C=O) groups is 1. The summed E-state index contributed by atoms with van der Waals surface area (Å²) in [7, 11) is 1.48. The predicted octanol–water partition coefficient (Wildman–Crippen LogP) is 4.72. The Morgan fingerprint density at radius 1 is 1.21 bits per heavy atom. The van der Waals surface area contributed by atoms with E-state index in [1.54, 1.807) is 18.2 Å². The highest BCUT2D eigenvalue weighted by Crippen LogP contribution is 2.35. The average Bonchev–Trinajstić information content (AvgIpc) is 3.29. The topological polar surface area (TPSA) is 102 Å². The Hall–Kier alpha value is -3.33. The highest BCUT2D eigenvalue weighted by Gasteiger charge is 2.24.